The Labute approximate surface area is 128 Å². The Kier molecular flexibility index (Phi) is 3.11. The van der Waals surface area contributed by atoms with E-state index in [1.54, 1.807) is 12.3 Å². The number of ether oxygens (including phenoxy) is 1. The molecule has 4 rings (SSSR count). The highest BCUT2D eigenvalue weighted by molar-refractivity contribution is 5.91. The summed E-state index contributed by atoms with van der Waals surface area (Å²) in [6.07, 6.45) is 4.01. The fourth-order valence-corrected chi connectivity index (χ4v) is 2.54. The fraction of sp³-hybridized carbons (Fsp3) is 0.158. The van der Waals surface area contributed by atoms with Gasteiger partial charge in [0, 0.05) is 17.8 Å². The predicted molar refractivity (Wildman–Crippen MR) is 85.1 cm³/mol. The molecule has 1 fully saturated rings. The highest BCUT2D eigenvalue weighted by atomic mass is 16.5. The molecule has 2 aromatic carbocycles. The van der Waals surface area contributed by atoms with E-state index in [9.17, 15) is 4.79 Å². The smallest absolute Gasteiger partial charge is 0.345 e. The third kappa shape index (κ3) is 2.58. The molecule has 1 aliphatic carbocycles. The van der Waals surface area contributed by atoms with E-state index in [1.165, 1.54) is 12.8 Å². The molecule has 22 heavy (non-hydrogen) atoms. The van der Waals surface area contributed by atoms with Crippen molar-refractivity contribution in [2.45, 2.75) is 18.8 Å². The Bertz CT molecular complexity index is 835. The summed E-state index contributed by atoms with van der Waals surface area (Å²) in [5.74, 6) is 0.769. The van der Waals surface area contributed by atoms with Crippen molar-refractivity contribution in [3.05, 3.63) is 72.1 Å². The first kappa shape index (κ1) is 13.0. The lowest BCUT2D eigenvalue weighted by Crippen LogP contribution is -2.09. The lowest BCUT2D eigenvalue weighted by molar-refractivity contribution is 0.0734. The number of fused-ring (bicyclic) bond motifs is 1. The zero-order valence-electron chi connectivity index (χ0n) is 12.0. The van der Waals surface area contributed by atoms with Crippen LogP contribution in [0.1, 0.15) is 34.8 Å². The van der Waals surface area contributed by atoms with E-state index in [0.717, 1.165) is 16.5 Å². The van der Waals surface area contributed by atoms with Gasteiger partial charge < -0.3 is 4.74 Å². The van der Waals surface area contributed by atoms with Crippen LogP contribution in [0, 0.1) is 0 Å². The summed E-state index contributed by atoms with van der Waals surface area (Å²) in [5, 5.41) is 2.17. The van der Waals surface area contributed by atoms with Gasteiger partial charge in [0.25, 0.3) is 0 Å². The molecular formula is C19H15NO2. The number of esters is 1. The van der Waals surface area contributed by atoms with E-state index in [2.05, 4.69) is 4.98 Å². The predicted octanol–water partition coefficient (Wildman–Crippen LogP) is 4.33. The van der Waals surface area contributed by atoms with Crippen molar-refractivity contribution in [3.63, 3.8) is 0 Å². The molecule has 108 valence electrons. The number of hydrogen-bond donors (Lipinski definition) is 0. The monoisotopic (exact) mass is 289 g/mol. The van der Waals surface area contributed by atoms with Crippen molar-refractivity contribution in [1.29, 1.82) is 0 Å². The number of aromatic nitrogens is 1. The van der Waals surface area contributed by atoms with Crippen molar-refractivity contribution in [2.75, 3.05) is 0 Å². The Morgan fingerprint density at radius 3 is 2.55 bits per heavy atom. The van der Waals surface area contributed by atoms with E-state index in [1.807, 2.05) is 48.5 Å². The number of carbonyl (C=O) groups is 1. The molecule has 0 atom stereocenters. The van der Waals surface area contributed by atoms with Gasteiger partial charge in [0.15, 0.2) is 0 Å². The number of carbonyl (C=O) groups excluding carboxylic acids is 1. The first-order valence-electron chi connectivity index (χ1n) is 7.46. The lowest BCUT2D eigenvalue weighted by atomic mass is 10.1. The fourth-order valence-electron chi connectivity index (χ4n) is 2.54. The van der Waals surface area contributed by atoms with E-state index >= 15 is 0 Å². The number of rotatable bonds is 3. The molecule has 0 saturated heterocycles. The zero-order valence-corrected chi connectivity index (χ0v) is 12.0. The molecule has 1 aromatic heterocycles. The van der Waals surface area contributed by atoms with Crippen LogP contribution in [0.4, 0.5) is 0 Å². The second-order valence-corrected chi connectivity index (χ2v) is 5.64. The van der Waals surface area contributed by atoms with E-state index < -0.39 is 0 Å². The molecule has 0 unspecified atom stereocenters. The van der Waals surface area contributed by atoms with Crippen LogP contribution in [-0.4, -0.2) is 11.0 Å². The summed E-state index contributed by atoms with van der Waals surface area (Å²) in [4.78, 5) is 16.5. The molecule has 1 heterocycles. The summed E-state index contributed by atoms with van der Waals surface area (Å²) in [5.41, 5.74) is 1.56. The van der Waals surface area contributed by atoms with Crippen molar-refractivity contribution < 1.29 is 9.53 Å². The lowest BCUT2D eigenvalue weighted by Gasteiger charge is -2.06. The van der Waals surface area contributed by atoms with Crippen molar-refractivity contribution >= 4 is 16.7 Å². The van der Waals surface area contributed by atoms with Gasteiger partial charge in [0.1, 0.15) is 5.75 Å². The molecule has 0 N–H and O–H groups in total. The normalized spacial score (nSPS) is 14.0. The Morgan fingerprint density at radius 1 is 1.00 bits per heavy atom. The van der Waals surface area contributed by atoms with Gasteiger partial charge in [-0.1, -0.05) is 30.3 Å². The molecule has 0 aliphatic heterocycles. The Morgan fingerprint density at radius 2 is 1.82 bits per heavy atom. The Hall–Kier alpha value is -2.68. The third-order valence-electron chi connectivity index (χ3n) is 3.95. The van der Waals surface area contributed by atoms with Crippen LogP contribution in [0.2, 0.25) is 0 Å². The third-order valence-corrected chi connectivity index (χ3v) is 3.95. The van der Waals surface area contributed by atoms with Crippen molar-refractivity contribution in [3.8, 4) is 5.75 Å². The molecule has 0 radical (unpaired) electrons. The van der Waals surface area contributed by atoms with E-state index in [4.69, 9.17) is 4.74 Å². The number of nitrogens with zero attached hydrogens (tertiary/aromatic N) is 1. The summed E-state index contributed by atoms with van der Waals surface area (Å²) in [6.45, 7) is 0. The molecule has 3 nitrogen and oxygen atoms in total. The maximum atomic E-state index is 12.2. The number of benzene rings is 2. The topological polar surface area (TPSA) is 39.2 Å². The molecule has 1 aliphatic rings. The van der Waals surface area contributed by atoms with Crippen LogP contribution in [-0.2, 0) is 0 Å². The van der Waals surface area contributed by atoms with Crippen LogP contribution in [0.3, 0.4) is 0 Å². The molecule has 0 amide bonds. The van der Waals surface area contributed by atoms with Gasteiger partial charge in [-0.15, -0.1) is 0 Å². The second kappa shape index (κ2) is 5.26. The van der Waals surface area contributed by atoms with Crippen LogP contribution < -0.4 is 4.74 Å². The summed E-state index contributed by atoms with van der Waals surface area (Å²) < 4.78 is 5.45. The van der Waals surface area contributed by atoms with Crippen LogP contribution in [0.15, 0.2) is 60.8 Å². The van der Waals surface area contributed by atoms with Crippen LogP contribution >= 0.6 is 0 Å². The van der Waals surface area contributed by atoms with Crippen molar-refractivity contribution in [2.24, 2.45) is 0 Å². The van der Waals surface area contributed by atoms with E-state index in [-0.39, 0.29) is 5.97 Å². The van der Waals surface area contributed by atoms with Gasteiger partial charge in [-0.3, -0.25) is 4.98 Å². The minimum atomic E-state index is -0.370. The molecular weight excluding hydrogens is 274 g/mol. The number of hydrogen-bond acceptors (Lipinski definition) is 3. The van der Waals surface area contributed by atoms with Gasteiger partial charge in [0.2, 0.25) is 0 Å². The van der Waals surface area contributed by atoms with Crippen molar-refractivity contribution in [1.82, 2.24) is 4.98 Å². The van der Waals surface area contributed by atoms with Gasteiger partial charge in [0.05, 0.1) is 5.56 Å². The average molecular weight is 289 g/mol. The summed E-state index contributed by atoms with van der Waals surface area (Å²) in [6, 6.07) is 17.3. The average Bonchev–Trinajstić information content (AvgIpc) is 3.40. The van der Waals surface area contributed by atoms with Gasteiger partial charge in [-0.2, -0.15) is 0 Å². The van der Waals surface area contributed by atoms with Gasteiger partial charge in [-0.05, 0) is 47.9 Å². The maximum Gasteiger partial charge on any atom is 0.345 e. The van der Waals surface area contributed by atoms with E-state index in [0.29, 0.717) is 17.2 Å². The highest BCUT2D eigenvalue weighted by Gasteiger charge is 2.25. The first-order valence-corrected chi connectivity index (χ1v) is 7.46. The summed E-state index contributed by atoms with van der Waals surface area (Å²) in [7, 11) is 0. The van der Waals surface area contributed by atoms with Gasteiger partial charge >= 0.3 is 5.97 Å². The van der Waals surface area contributed by atoms with Crippen LogP contribution in [0.25, 0.3) is 10.8 Å². The highest BCUT2D eigenvalue weighted by Crippen LogP contribution is 2.38. The summed E-state index contributed by atoms with van der Waals surface area (Å²) >= 11 is 0. The molecule has 0 spiro atoms. The minimum Gasteiger partial charge on any atom is -0.423 e. The molecule has 3 aromatic rings. The molecule has 3 heteroatoms. The SMILES string of the molecule is O=C(Oc1ccc2ccccc2c1)c1ccc(C2CC2)nc1. The molecule has 0 bridgehead atoms. The number of pyridine rings is 1. The largest absolute Gasteiger partial charge is 0.423 e. The first-order chi connectivity index (χ1) is 10.8. The Balaban J connectivity index is 1.54. The second-order valence-electron chi connectivity index (χ2n) is 5.64. The maximum absolute atomic E-state index is 12.2. The molecule has 1 saturated carbocycles. The quantitative estimate of drug-likeness (QED) is 0.532. The standard InChI is InChI=1S/C19H15NO2/c21-19(16-8-10-18(20-12-16)14-5-6-14)22-17-9-7-13-3-1-2-4-15(13)11-17/h1-4,7-12,14H,5-6H2. The minimum absolute atomic E-state index is 0.370. The van der Waals surface area contributed by atoms with Gasteiger partial charge in [-0.25, -0.2) is 4.79 Å². The zero-order chi connectivity index (χ0) is 14.9. The van der Waals surface area contributed by atoms with Crippen LogP contribution in [0.5, 0.6) is 5.75 Å².